The van der Waals surface area contributed by atoms with E-state index < -0.39 is 23.5 Å². The van der Waals surface area contributed by atoms with Gasteiger partial charge in [-0.2, -0.15) is 0 Å². The molecule has 260 valence electrons. The average molecular weight is 675 g/mol. The van der Waals surface area contributed by atoms with Crippen LogP contribution in [-0.2, 0) is 28.7 Å². The van der Waals surface area contributed by atoms with Crippen molar-refractivity contribution in [3.63, 3.8) is 0 Å². The highest BCUT2D eigenvalue weighted by Gasteiger charge is 2.43. The van der Waals surface area contributed by atoms with Crippen LogP contribution in [0.4, 0.5) is 0 Å². The number of hydrogen-bond acceptors (Lipinski definition) is 7. The third-order valence-electron chi connectivity index (χ3n) is 7.13. The predicted molar refractivity (Wildman–Crippen MR) is 183 cm³/mol. The second-order valence-electron chi connectivity index (χ2n) is 12.6. The maximum atomic E-state index is 11.9. The lowest BCUT2D eigenvalue weighted by molar-refractivity contribution is -0.171. The molecule has 2 amide bonds. The molecule has 11 heteroatoms. The van der Waals surface area contributed by atoms with Crippen molar-refractivity contribution in [1.82, 2.24) is 5.32 Å². The summed E-state index contributed by atoms with van der Waals surface area (Å²) in [5.74, 6) is -1.09. The number of nitrogens with two attached hydrogens (primary N) is 1. The molecule has 0 radical (unpaired) electrons. The van der Waals surface area contributed by atoms with Crippen molar-refractivity contribution in [2.24, 2.45) is 23.0 Å². The van der Waals surface area contributed by atoms with Gasteiger partial charge in [0.1, 0.15) is 11.9 Å². The van der Waals surface area contributed by atoms with Crippen molar-refractivity contribution < 1.29 is 38.5 Å². The standard InChI is InChI=1S/C15H19NO2.C13H23NO5.C8H9ClO/c1-11(7-5-6-10-13(16)17)14-15(18-14)12-8-3-2-4-9-12;1-8(2)6-10(11(16)17)19-12(18)13(4,5)7-14-9(3)15;1-6-3-4-8(10-2)7(9)5-6/h2-4,6,8-11,14-15H,5,7H2,1H3,(H2,16,17);8,10H,6-7H2,1-5H3,(H,14,15)(H,16,17);3-5H,1-2H3/b10-6+;;. The van der Waals surface area contributed by atoms with Crippen LogP contribution in [0.1, 0.15) is 78.0 Å². The molecule has 10 nitrogen and oxygen atoms in total. The van der Waals surface area contributed by atoms with E-state index in [1.807, 2.05) is 63.2 Å². The van der Waals surface area contributed by atoms with E-state index in [1.165, 1.54) is 18.6 Å². The van der Waals surface area contributed by atoms with E-state index >= 15 is 0 Å². The SMILES string of the molecule is CC(=O)NCC(C)(C)C(=O)OC(CC(C)C)C(=O)O.CC(CC/C=C/C(N)=O)C1OC1c1ccccc1.COc1ccc(C)cc1Cl. The number of methoxy groups -OCH3 is 1. The first-order valence-electron chi connectivity index (χ1n) is 15.6. The van der Waals surface area contributed by atoms with Gasteiger partial charge in [-0.15, -0.1) is 0 Å². The number of halogens is 1. The highest BCUT2D eigenvalue weighted by Crippen LogP contribution is 2.44. The van der Waals surface area contributed by atoms with Crippen LogP contribution in [0.25, 0.3) is 0 Å². The van der Waals surface area contributed by atoms with Gasteiger partial charge in [0.05, 0.1) is 23.7 Å². The average Bonchev–Trinajstić information content (AvgIpc) is 3.80. The Labute approximate surface area is 284 Å². The molecule has 1 saturated heterocycles. The normalized spacial score (nSPS) is 16.5. The molecule has 0 spiro atoms. The largest absolute Gasteiger partial charge is 0.495 e. The van der Waals surface area contributed by atoms with E-state index in [0.29, 0.717) is 17.0 Å². The second kappa shape index (κ2) is 20.4. The molecule has 4 unspecified atom stereocenters. The van der Waals surface area contributed by atoms with Crippen molar-refractivity contribution >= 4 is 35.4 Å². The number of carbonyl (C=O) groups excluding carboxylic acids is 3. The highest BCUT2D eigenvalue weighted by atomic mass is 35.5. The fraction of sp³-hybridized carbons (Fsp3) is 0.500. The first-order chi connectivity index (χ1) is 22.0. The molecule has 0 aliphatic carbocycles. The van der Waals surface area contributed by atoms with E-state index in [2.05, 4.69) is 24.4 Å². The summed E-state index contributed by atoms with van der Waals surface area (Å²) in [6.45, 7) is 12.5. The third kappa shape index (κ3) is 16.5. The molecule has 1 aliphatic heterocycles. The minimum Gasteiger partial charge on any atom is -0.495 e. The number of esters is 1. The van der Waals surface area contributed by atoms with Gasteiger partial charge in [0.15, 0.2) is 6.10 Å². The lowest BCUT2D eigenvalue weighted by atomic mass is 9.93. The first-order valence-corrected chi connectivity index (χ1v) is 16.0. The van der Waals surface area contributed by atoms with Gasteiger partial charge >= 0.3 is 11.9 Å². The second-order valence-corrected chi connectivity index (χ2v) is 13.0. The van der Waals surface area contributed by atoms with Gasteiger partial charge in [-0.25, -0.2) is 4.79 Å². The molecule has 47 heavy (non-hydrogen) atoms. The number of hydrogen-bond donors (Lipinski definition) is 3. The fourth-order valence-corrected chi connectivity index (χ4v) is 4.61. The molecule has 2 aromatic rings. The Morgan fingerprint density at radius 3 is 2.26 bits per heavy atom. The maximum Gasteiger partial charge on any atom is 0.345 e. The molecular weight excluding hydrogens is 624 g/mol. The molecule has 4 atom stereocenters. The van der Waals surface area contributed by atoms with Gasteiger partial charge in [0.2, 0.25) is 11.8 Å². The number of carboxylic acid groups (broad SMARTS) is 1. The van der Waals surface area contributed by atoms with Crippen LogP contribution in [0.15, 0.2) is 60.7 Å². The number of primary amides is 1. The van der Waals surface area contributed by atoms with Crippen LogP contribution in [0, 0.1) is 24.2 Å². The quantitative estimate of drug-likeness (QED) is 0.117. The van der Waals surface area contributed by atoms with Gasteiger partial charge in [-0.1, -0.05) is 74.8 Å². The Kier molecular flexibility index (Phi) is 17.8. The van der Waals surface area contributed by atoms with Crippen LogP contribution >= 0.6 is 11.6 Å². The zero-order valence-electron chi connectivity index (χ0n) is 28.7. The molecule has 2 aromatic carbocycles. The maximum absolute atomic E-state index is 11.9. The summed E-state index contributed by atoms with van der Waals surface area (Å²) in [7, 11) is 1.61. The highest BCUT2D eigenvalue weighted by molar-refractivity contribution is 6.32. The lowest BCUT2D eigenvalue weighted by Crippen LogP contribution is -2.42. The van der Waals surface area contributed by atoms with Crippen molar-refractivity contribution in [2.75, 3.05) is 13.7 Å². The number of benzene rings is 2. The number of nitrogens with one attached hydrogen (secondary N) is 1. The van der Waals surface area contributed by atoms with Crippen molar-refractivity contribution in [3.8, 4) is 5.75 Å². The van der Waals surface area contributed by atoms with E-state index in [-0.39, 0.29) is 36.8 Å². The van der Waals surface area contributed by atoms with Crippen LogP contribution in [-0.4, -0.2) is 54.7 Å². The molecule has 1 fully saturated rings. The van der Waals surface area contributed by atoms with Gasteiger partial charge in [0.25, 0.3) is 0 Å². The minimum absolute atomic E-state index is 0.104. The van der Waals surface area contributed by atoms with Gasteiger partial charge in [-0.05, 0) is 81.2 Å². The number of allylic oxidation sites excluding steroid dienone is 1. The summed E-state index contributed by atoms with van der Waals surface area (Å²) < 4.78 is 15.7. The van der Waals surface area contributed by atoms with E-state index in [0.717, 1.165) is 24.2 Å². The summed E-state index contributed by atoms with van der Waals surface area (Å²) in [4.78, 5) is 44.3. The first kappa shape index (κ1) is 41.1. The summed E-state index contributed by atoms with van der Waals surface area (Å²) in [5, 5.41) is 12.2. The number of rotatable bonds is 14. The zero-order chi connectivity index (χ0) is 35.7. The van der Waals surface area contributed by atoms with E-state index in [1.54, 1.807) is 21.0 Å². The predicted octanol–water partition coefficient (Wildman–Crippen LogP) is 6.43. The Morgan fingerprint density at radius 1 is 1.11 bits per heavy atom. The Morgan fingerprint density at radius 2 is 1.74 bits per heavy atom. The Balaban J connectivity index is 0.000000369. The fourth-order valence-electron chi connectivity index (χ4n) is 4.30. The van der Waals surface area contributed by atoms with Gasteiger partial charge in [0, 0.05) is 13.5 Å². The lowest BCUT2D eigenvalue weighted by Gasteiger charge is -2.25. The van der Waals surface area contributed by atoms with Crippen LogP contribution in [0.5, 0.6) is 5.75 Å². The third-order valence-corrected chi connectivity index (χ3v) is 7.43. The minimum atomic E-state index is -1.16. The number of aliphatic carboxylic acids is 1. The Bertz CT molecular complexity index is 1330. The topological polar surface area (TPSA) is 158 Å². The molecule has 1 aliphatic rings. The van der Waals surface area contributed by atoms with Crippen molar-refractivity contribution in [2.45, 2.75) is 86.0 Å². The number of carbonyl (C=O) groups is 4. The monoisotopic (exact) mass is 674 g/mol. The molecule has 3 rings (SSSR count). The molecular formula is C36H51ClN2O8. The number of ether oxygens (including phenoxy) is 3. The summed E-state index contributed by atoms with van der Waals surface area (Å²) in [6.07, 6.45) is 4.81. The molecule has 4 N–H and O–H groups in total. The van der Waals surface area contributed by atoms with Gasteiger partial charge < -0.3 is 30.4 Å². The molecule has 0 aromatic heterocycles. The van der Waals surface area contributed by atoms with E-state index in [4.69, 9.17) is 36.7 Å². The number of epoxide rings is 1. The smallest absolute Gasteiger partial charge is 0.345 e. The zero-order valence-corrected chi connectivity index (χ0v) is 29.5. The van der Waals surface area contributed by atoms with Crippen LogP contribution in [0.2, 0.25) is 5.02 Å². The van der Waals surface area contributed by atoms with Crippen LogP contribution in [0.3, 0.4) is 0 Å². The summed E-state index contributed by atoms with van der Waals surface area (Å²) in [5.41, 5.74) is 6.46. The summed E-state index contributed by atoms with van der Waals surface area (Å²) >= 11 is 5.80. The Hall–Kier alpha value is -3.89. The summed E-state index contributed by atoms with van der Waals surface area (Å²) in [6, 6.07) is 16.0. The van der Waals surface area contributed by atoms with E-state index in [9.17, 15) is 19.2 Å². The number of aryl methyl sites for hydroxylation is 1. The van der Waals surface area contributed by atoms with Crippen LogP contribution < -0.4 is 15.8 Å². The van der Waals surface area contributed by atoms with Gasteiger partial charge in [-0.3, -0.25) is 14.4 Å². The number of amides is 2. The van der Waals surface area contributed by atoms with Crippen molar-refractivity contribution in [1.29, 1.82) is 0 Å². The molecule has 1 heterocycles. The van der Waals surface area contributed by atoms with Crippen molar-refractivity contribution in [3.05, 3.63) is 76.8 Å². The molecule has 0 bridgehead atoms. The number of carboxylic acids is 1. The molecule has 0 saturated carbocycles.